The van der Waals surface area contributed by atoms with Gasteiger partial charge in [-0.3, -0.25) is 9.59 Å². The summed E-state index contributed by atoms with van der Waals surface area (Å²) in [5.41, 5.74) is -1.82. The van der Waals surface area contributed by atoms with Crippen molar-refractivity contribution in [2.75, 3.05) is 0 Å². The van der Waals surface area contributed by atoms with Crippen molar-refractivity contribution in [1.29, 1.82) is 0 Å². The summed E-state index contributed by atoms with van der Waals surface area (Å²) >= 11 is 0. The molecule has 158 valence electrons. The highest BCUT2D eigenvalue weighted by Gasteiger charge is 2.44. The van der Waals surface area contributed by atoms with E-state index in [1.165, 1.54) is 0 Å². The summed E-state index contributed by atoms with van der Waals surface area (Å²) in [6, 6.07) is 0. The minimum absolute atomic E-state index is 0. The third-order valence-corrected chi connectivity index (χ3v) is 4.78. The Kier molecular flexibility index (Phi) is 11.4. The molecule has 0 N–H and O–H groups in total. The van der Waals surface area contributed by atoms with Crippen molar-refractivity contribution >= 4 is 11.6 Å². The van der Waals surface area contributed by atoms with Gasteiger partial charge in [-0.1, -0.05) is 70.2 Å². The second-order valence-electron chi connectivity index (χ2n) is 9.21. The number of hydrogen-bond donors (Lipinski definition) is 0. The molecule has 0 aliphatic heterocycles. The van der Waals surface area contributed by atoms with Gasteiger partial charge in [0.15, 0.2) is 0 Å². The maximum absolute atomic E-state index is 12.7. The van der Waals surface area contributed by atoms with Crippen LogP contribution in [0.25, 0.3) is 0 Å². The highest BCUT2D eigenvalue weighted by atomic mass is 19.4. The molecule has 0 aromatic carbocycles. The van der Waals surface area contributed by atoms with Gasteiger partial charge in [0.2, 0.25) is 0 Å². The zero-order valence-electron chi connectivity index (χ0n) is 16.4. The van der Waals surface area contributed by atoms with Crippen LogP contribution in [0, 0.1) is 22.2 Å². The molecule has 2 nitrogen and oxygen atoms in total. The number of rotatable bonds is 8. The van der Waals surface area contributed by atoms with E-state index in [1.807, 2.05) is 34.6 Å². The lowest BCUT2D eigenvalue weighted by molar-refractivity contribution is -0.175. The lowest BCUT2D eigenvalue weighted by Crippen LogP contribution is -2.39. The Hall–Kier alpha value is -0.870. The van der Waals surface area contributed by atoms with E-state index in [2.05, 4.69) is 0 Å². The number of hydrogen-bond acceptors (Lipinski definition) is 2. The standard InChI is InChI=1S/C19H33F3O2.2CH4/c1-9-18(8,15(24)11-16(3,4)5)12-17(6,7)14(23)10-13(2)19(20,21)22;;/h13H,9-12H2,1-8H3;2*1H4. The number of carbonyl (C=O) groups is 2. The predicted molar refractivity (Wildman–Crippen MR) is 104 cm³/mol. The SMILES string of the molecule is C.C.CCC(C)(CC(C)(C)C(=O)CC(C)C(F)(F)F)C(=O)CC(C)(C)C. The van der Waals surface area contributed by atoms with Crippen LogP contribution in [0.3, 0.4) is 0 Å². The Bertz CT molecular complexity index is 459. The fourth-order valence-corrected chi connectivity index (χ4v) is 2.86. The first-order chi connectivity index (χ1) is 10.4. The molecule has 0 saturated heterocycles. The van der Waals surface area contributed by atoms with Crippen LogP contribution in [0.5, 0.6) is 0 Å². The van der Waals surface area contributed by atoms with Crippen LogP contribution in [-0.2, 0) is 9.59 Å². The summed E-state index contributed by atoms with van der Waals surface area (Å²) in [6.45, 7) is 14.0. The molecule has 0 radical (unpaired) electrons. The van der Waals surface area contributed by atoms with Gasteiger partial charge in [-0.05, 0) is 18.3 Å². The fourth-order valence-electron chi connectivity index (χ4n) is 2.86. The number of carbonyl (C=O) groups excluding carboxylic acids is 2. The molecular weight excluding hydrogens is 341 g/mol. The van der Waals surface area contributed by atoms with Crippen molar-refractivity contribution in [2.45, 2.75) is 102 Å². The highest BCUT2D eigenvalue weighted by Crippen LogP contribution is 2.42. The molecule has 26 heavy (non-hydrogen) atoms. The third-order valence-electron chi connectivity index (χ3n) is 4.78. The van der Waals surface area contributed by atoms with Gasteiger partial charge in [-0.15, -0.1) is 0 Å². The van der Waals surface area contributed by atoms with Gasteiger partial charge in [-0.25, -0.2) is 0 Å². The summed E-state index contributed by atoms with van der Waals surface area (Å²) < 4.78 is 38.1. The number of Topliss-reactive ketones (excluding diaryl/α,β-unsaturated/α-hetero) is 2. The van der Waals surface area contributed by atoms with Crippen molar-refractivity contribution in [2.24, 2.45) is 22.2 Å². The molecular formula is C21H41F3O2. The van der Waals surface area contributed by atoms with E-state index in [4.69, 9.17) is 0 Å². The molecule has 0 heterocycles. The van der Waals surface area contributed by atoms with Crippen molar-refractivity contribution in [1.82, 2.24) is 0 Å². The molecule has 0 aliphatic carbocycles. The molecule has 0 bridgehead atoms. The second kappa shape index (κ2) is 9.89. The zero-order chi connectivity index (χ0) is 19.6. The molecule has 0 fully saturated rings. The Balaban J connectivity index is -0.00000264. The Morgan fingerprint density at radius 1 is 0.885 bits per heavy atom. The van der Waals surface area contributed by atoms with E-state index in [9.17, 15) is 22.8 Å². The van der Waals surface area contributed by atoms with Crippen LogP contribution >= 0.6 is 0 Å². The van der Waals surface area contributed by atoms with E-state index in [0.717, 1.165) is 6.92 Å². The van der Waals surface area contributed by atoms with Gasteiger partial charge in [0.1, 0.15) is 11.6 Å². The maximum atomic E-state index is 12.7. The molecule has 0 spiro atoms. The molecule has 0 amide bonds. The third kappa shape index (κ3) is 9.18. The van der Waals surface area contributed by atoms with Gasteiger partial charge in [0, 0.05) is 23.7 Å². The molecule has 0 saturated carbocycles. The lowest BCUT2D eigenvalue weighted by atomic mass is 9.65. The smallest absolute Gasteiger partial charge is 0.299 e. The summed E-state index contributed by atoms with van der Waals surface area (Å²) in [4.78, 5) is 25.1. The number of ketones is 2. The summed E-state index contributed by atoms with van der Waals surface area (Å²) in [5, 5.41) is 0. The zero-order valence-corrected chi connectivity index (χ0v) is 16.4. The summed E-state index contributed by atoms with van der Waals surface area (Å²) in [7, 11) is 0. The average Bonchev–Trinajstić information content (AvgIpc) is 2.34. The van der Waals surface area contributed by atoms with Crippen molar-refractivity contribution < 1.29 is 22.8 Å². The van der Waals surface area contributed by atoms with Crippen LogP contribution in [0.2, 0.25) is 0 Å². The van der Waals surface area contributed by atoms with Crippen LogP contribution in [0.15, 0.2) is 0 Å². The van der Waals surface area contributed by atoms with Gasteiger partial charge < -0.3 is 0 Å². The van der Waals surface area contributed by atoms with Gasteiger partial charge in [0.25, 0.3) is 0 Å². The molecule has 0 rings (SSSR count). The Morgan fingerprint density at radius 2 is 1.31 bits per heavy atom. The van der Waals surface area contributed by atoms with E-state index in [0.29, 0.717) is 12.8 Å². The first kappa shape index (κ1) is 29.9. The summed E-state index contributed by atoms with van der Waals surface area (Å²) in [6.07, 6.45) is -3.69. The fraction of sp³-hybridized carbons (Fsp3) is 0.905. The van der Waals surface area contributed by atoms with Crippen LogP contribution < -0.4 is 0 Å². The minimum Gasteiger partial charge on any atom is -0.299 e. The maximum Gasteiger partial charge on any atom is 0.391 e. The van der Waals surface area contributed by atoms with Crippen molar-refractivity contribution in [3.05, 3.63) is 0 Å². The molecule has 5 heteroatoms. The first-order valence-corrected chi connectivity index (χ1v) is 8.58. The van der Waals surface area contributed by atoms with Gasteiger partial charge in [-0.2, -0.15) is 13.2 Å². The number of alkyl halides is 3. The first-order valence-electron chi connectivity index (χ1n) is 8.58. The van der Waals surface area contributed by atoms with Crippen molar-refractivity contribution in [3.8, 4) is 0 Å². The van der Waals surface area contributed by atoms with Crippen molar-refractivity contribution in [3.63, 3.8) is 0 Å². The largest absolute Gasteiger partial charge is 0.391 e. The minimum atomic E-state index is -4.37. The molecule has 2 atom stereocenters. The lowest BCUT2D eigenvalue weighted by Gasteiger charge is -2.37. The molecule has 2 unspecified atom stereocenters. The predicted octanol–water partition coefficient (Wildman–Crippen LogP) is 7.25. The van der Waals surface area contributed by atoms with Crippen LogP contribution in [0.4, 0.5) is 13.2 Å². The summed E-state index contributed by atoms with van der Waals surface area (Å²) in [5.74, 6) is -2.03. The van der Waals surface area contributed by atoms with Gasteiger partial charge in [0.05, 0.1) is 5.92 Å². The highest BCUT2D eigenvalue weighted by molar-refractivity contribution is 5.88. The molecule has 0 aromatic heterocycles. The van der Waals surface area contributed by atoms with E-state index < -0.39 is 35.1 Å². The quantitative estimate of drug-likeness (QED) is 0.443. The van der Waals surface area contributed by atoms with Gasteiger partial charge >= 0.3 is 6.18 Å². The monoisotopic (exact) mass is 382 g/mol. The Labute approximate surface area is 159 Å². The number of halogens is 3. The van der Waals surface area contributed by atoms with E-state index in [-0.39, 0.29) is 32.5 Å². The van der Waals surface area contributed by atoms with E-state index >= 15 is 0 Å². The molecule has 0 aliphatic rings. The topological polar surface area (TPSA) is 34.1 Å². The van der Waals surface area contributed by atoms with E-state index in [1.54, 1.807) is 13.8 Å². The second-order valence-corrected chi connectivity index (χ2v) is 9.21. The van der Waals surface area contributed by atoms with Crippen LogP contribution in [-0.4, -0.2) is 17.7 Å². The average molecular weight is 383 g/mol. The normalized spacial score (nSPS) is 16.0. The van der Waals surface area contributed by atoms with Crippen LogP contribution in [0.1, 0.15) is 95.9 Å². The Morgan fingerprint density at radius 3 is 1.62 bits per heavy atom. The molecule has 0 aromatic rings.